The van der Waals surface area contributed by atoms with E-state index < -0.39 is 0 Å². The molecule has 6 nitrogen and oxygen atoms in total. The number of carbonyl (C=O) groups excluding carboxylic acids is 1. The van der Waals surface area contributed by atoms with Gasteiger partial charge in [-0.1, -0.05) is 11.6 Å². The SMILES string of the molecule is CCn1c(CNC(=O)c2cnc(C)cn2)nc2cc(Cl)ccc21. The minimum atomic E-state index is -0.273. The highest BCUT2D eigenvalue weighted by Gasteiger charge is 2.12. The molecule has 1 N–H and O–H groups in total. The van der Waals surface area contributed by atoms with Gasteiger partial charge in [0.2, 0.25) is 0 Å². The third kappa shape index (κ3) is 3.17. The summed E-state index contributed by atoms with van der Waals surface area (Å²) < 4.78 is 2.05. The van der Waals surface area contributed by atoms with E-state index in [4.69, 9.17) is 11.6 Å². The van der Waals surface area contributed by atoms with Gasteiger partial charge in [-0.15, -0.1) is 0 Å². The molecule has 2 heterocycles. The number of fused-ring (bicyclic) bond motifs is 1. The van der Waals surface area contributed by atoms with Crippen molar-refractivity contribution in [1.29, 1.82) is 0 Å². The zero-order valence-corrected chi connectivity index (χ0v) is 13.6. The van der Waals surface area contributed by atoms with Crippen LogP contribution in [0.2, 0.25) is 5.02 Å². The van der Waals surface area contributed by atoms with Gasteiger partial charge in [0.25, 0.3) is 5.91 Å². The molecule has 1 amide bonds. The Bertz CT molecular complexity index is 857. The fraction of sp³-hybridized carbons (Fsp3) is 0.250. The summed E-state index contributed by atoms with van der Waals surface area (Å²) in [6.45, 7) is 4.93. The summed E-state index contributed by atoms with van der Waals surface area (Å²) in [7, 11) is 0. The maximum Gasteiger partial charge on any atom is 0.271 e. The van der Waals surface area contributed by atoms with Crippen molar-refractivity contribution in [3.8, 4) is 0 Å². The minimum Gasteiger partial charge on any atom is -0.343 e. The van der Waals surface area contributed by atoms with Crippen LogP contribution in [0.3, 0.4) is 0 Å². The molecular formula is C16H16ClN5O. The Morgan fingerprint density at radius 3 is 2.83 bits per heavy atom. The van der Waals surface area contributed by atoms with Crippen LogP contribution in [-0.4, -0.2) is 25.4 Å². The molecule has 0 atom stereocenters. The summed E-state index contributed by atoms with van der Waals surface area (Å²) >= 11 is 6.01. The normalized spacial score (nSPS) is 10.9. The number of rotatable bonds is 4. The van der Waals surface area contributed by atoms with Gasteiger partial charge in [0.05, 0.1) is 29.5 Å². The van der Waals surface area contributed by atoms with Gasteiger partial charge in [-0.05, 0) is 32.0 Å². The van der Waals surface area contributed by atoms with E-state index in [0.717, 1.165) is 29.1 Å². The highest BCUT2D eigenvalue weighted by atomic mass is 35.5. The summed E-state index contributed by atoms with van der Waals surface area (Å²) in [5.41, 5.74) is 2.87. The van der Waals surface area contributed by atoms with E-state index in [1.54, 1.807) is 6.20 Å². The van der Waals surface area contributed by atoms with Crippen LogP contribution in [0.25, 0.3) is 11.0 Å². The largest absolute Gasteiger partial charge is 0.343 e. The second-order valence-electron chi connectivity index (χ2n) is 5.13. The van der Waals surface area contributed by atoms with Crippen LogP contribution in [0.1, 0.15) is 28.9 Å². The van der Waals surface area contributed by atoms with E-state index in [1.165, 1.54) is 6.20 Å². The lowest BCUT2D eigenvalue weighted by Gasteiger charge is -2.07. The third-order valence-corrected chi connectivity index (χ3v) is 3.76. The number of carbonyl (C=O) groups is 1. The molecular weight excluding hydrogens is 314 g/mol. The number of aromatic nitrogens is 4. The monoisotopic (exact) mass is 329 g/mol. The smallest absolute Gasteiger partial charge is 0.271 e. The molecule has 0 unspecified atom stereocenters. The zero-order valence-electron chi connectivity index (χ0n) is 12.9. The first-order valence-corrected chi connectivity index (χ1v) is 7.67. The second kappa shape index (κ2) is 6.34. The molecule has 0 aliphatic carbocycles. The molecule has 7 heteroatoms. The van der Waals surface area contributed by atoms with Gasteiger partial charge in [0.15, 0.2) is 0 Å². The third-order valence-electron chi connectivity index (χ3n) is 3.53. The summed E-state index contributed by atoms with van der Waals surface area (Å²) in [6.07, 6.45) is 3.03. The van der Waals surface area contributed by atoms with Crippen molar-refractivity contribution >= 4 is 28.5 Å². The fourth-order valence-electron chi connectivity index (χ4n) is 2.40. The molecule has 3 aromatic rings. The Kier molecular flexibility index (Phi) is 4.25. The van der Waals surface area contributed by atoms with Crippen molar-refractivity contribution in [2.75, 3.05) is 0 Å². The number of hydrogen-bond acceptors (Lipinski definition) is 4. The number of imidazole rings is 1. The molecule has 0 radical (unpaired) electrons. The van der Waals surface area contributed by atoms with Crippen molar-refractivity contribution in [2.24, 2.45) is 0 Å². The summed E-state index contributed by atoms with van der Waals surface area (Å²) in [5, 5.41) is 3.47. The second-order valence-corrected chi connectivity index (χ2v) is 5.57. The molecule has 118 valence electrons. The molecule has 0 fully saturated rings. The fourth-order valence-corrected chi connectivity index (χ4v) is 2.57. The molecule has 0 saturated heterocycles. The van der Waals surface area contributed by atoms with Crippen molar-refractivity contribution in [3.63, 3.8) is 0 Å². The quantitative estimate of drug-likeness (QED) is 0.798. The van der Waals surface area contributed by atoms with Crippen LogP contribution in [0.4, 0.5) is 0 Å². The maximum absolute atomic E-state index is 12.1. The van der Waals surface area contributed by atoms with Crippen LogP contribution in [0.15, 0.2) is 30.6 Å². The molecule has 0 aliphatic heterocycles. The maximum atomic E-state index is 12.1. The standard InChI is InChI=1S/C16H16ClN5O/c1-3-22-14-5-4-11(17)6-12(14)21-15(22)9-20-16(23)13-8-18-10(2)7-19-13/h4-8H,3,9H2,1-2H3,(H,20,23). The van der Waals surface area contributed by atoms with E-state index in [2.05, 4.69) is 20.3 Å². The van der Waals surface area contributed by atoms with Crippen molar-refractivity contribution in [3.05, 3.63) is 52.8 Å². The predicted molar refractivity (Wildman–Crippen MR) is 88.4 cm³/mol. The lowest BCUT2D eigenvalue weighted by Crippen LogP contribution is -2.25. The molecule has 1 aromatic carbocycles. The number of benzene rings is 1. The number of nitrogens with zero attached hydrogens (tertiary/aromatic N) is 4. The molecule has 0 aliphatic rings. The lowest BCUT2D eigenvalue weighted by molar-refractivity contribution is 0.0944. The Hall–Kier alpha value is -2.47. The van der Waals surface area contributed by atoms with Gasteiger partial charge < -0.3 is 9.88 Å². The van der Waals surface area contributed by atoms with Gasteiger partial charge >= 0.3 is 0 Å². The van der Waals surface area contributed by atoms with Gasteiger partial charge in [0.1, 0.15) is 11.5 Å². The first kappa shape index (κ1) is 15.4. The van der Waals surface area contributed by atoms with Crippen LogP contribution >= 0.6 is 11.6 Å². The molecule has 2 aromatic heterocycles. The average molecular weight is 330 g/mol. The predicted octanol–water partition coefficient (Wildman–Crippen LogP) is 2.74. The zero-order chi connectivity index (χ0) is 16.4. The number of amides is 1. The summed E-state index contributed by atoms with van der Waals surface area (Å²) in [6, 6.07) is 5.59. The first-order chi connectivity index (χ1) is 11.1. The Labute approximate surface area is 138 Å². The van der Waals surface area contributed by atoms with Crippen LogP contribution in [0, 0.1) is 6.92 Å². The molecule has 3 rings (SSSR count). The number of aryl methyl sites for hydroxylation is 2. The first-order valence-electron chi connectivity index (χ1n) is 7.30. The summed E-state index contributed by atoms with van der Waals surface area (Å²) in [4.78, 5) is 24.8. The Morgan fingerprint density at radius 2 is 2.13 bits per heavy atom. The van der Waals surface area contributed by atoms with Crippen LogP contribution < -0.4 is 5.32 Å². The van der Waals surface area contributed by atoms with E-state index in [0.29, 0.717) is 11.6 Å². The molecule has 23 heavy (non-hydrogen) atoms. The molecule has 0 saturated carbocycles. The van der Waals surface area contributed by atoms with Gasteiger partial charge in [-0.25, -0.2) is 9.97 Å². The van der Waals surface area contributed by atoms with Gasteiger partial charge in [-0.3, -0.25) is 9.78 Å². The van der Waals surface area contributed by atoms with E-state index >= 15 is 0 Å². The van der Waals surface area contributed by atoms with Crippen molar-refractivity contribution in [2.45, 2.75) is 26.9 Å². The average Bonchev–Trinajstić information content (AvgIpc) is 2.89. The highest BCUT2D eigenvalue weighted by Crippen LogP contribution is 2.20. The molecule has 0 bridgehead atoms. The van der Waals surface area contributed by atoms with Gasteiger partial charge in [-0.2, -0.15) is 0 Å². The topological polar surface area (TPSA) is 72.7 Å². The van der Waals surface area contributed by atoms with Crippen LogP contribution in [-0.2, 0) is 13.1 Å². The molecule has 0 spiro atoms. The minimum absolute atomic E-state index is 0.273. The van der Waals surface area contributed by atoms with Crippen LogP contribution in [0.5, 0.6) is 0 Å². The number of nitrogens with one attached hydrogen (secondary N) is 1. The lowest BCUT2D eigenvalue weighted by atomic mass is 10.3. The van der Waals surface area contributed by atoms with Gasteiger partial charge in [0, 0.05) is 17.8 Å². The Morgan fingerprint density at radius 1 is 1.30 bits per heavy atom. The summed E-state index contributed by atoms with van der Waals surface area (Å²) in [5.74, 6) is 0.503. The number of halogens is 1. The highest BCUT2D eigenvalue weighted by molar-refractivity contribution is 6.31. The van der Waals surface area contributed by atoms with Crippen molar-refractivity contribution in [1.82, 2.24) is 24.8 Å². The number of hydrogen-bond donors (Lipinski definition) is 1. The van der Waals surface area contributed by atoms with Crippen molar-refractivity contribution < 1.29 is 4.79 Å². The van der Waals surface area contributed by atoms with E-state index in [1.807, 2.05) is 36.6 Å². The van der Waals surface area contributed by atoms with E-state index in [-0.39, 0.29) is 11.6 Å². The van der Waals surface area contributed by atoms with E-state index in [9.17, 15) is 4.79 Å². The Balaban J connectivity index is 1.81.